The summed E-state index contributed by atoms with van der Waals surface area (Å²) in [6, 6.07) is 2.68. The summed E-state index contributed by atoms with van der Waals surface area (Å²) in [4.78, 5) is 11.0. The first-order valence-electron chi connectivity index (χ1n) is 6.94. The van der Waals surface area contributed by atoms with Crippen LogP contribution in [0.4, 0.5) is 11.8 Å². The van der Waals surface area contributed by atoms with E-state index in [1.54, 1.807) is 0 Å². The van der Waals surface area contributed by atoms with E-state index in [2.05, 4.69) is 34.8 Å². The van der Waals surface area contributed by atoms with Crippen LogP contribution >= 0.6 is 0 Å². The second-order valence-corrected chi connectivity index (χ2v) is 5.71. The molecule has 4 nitrogen and oxygen atoms in total. The van der Waals surface area contributed by atoms with Gasteiger partial charge in [-0.15, -0.1) is 0 Å². The van der Waals surface area contributed by atoms with Crippen molar-refractivity contribution in [2.45, 2.75) is 52.5 Å². The van der Waals surface area contributed by atoms with Gasteiger partial charge in [0, 0.05) is 24.3 Å². The molecular formula is C14H24N4. The Hall–Kier alpha value is -1.32. The standard InChI is InChI=1S/C14H24N4/c1-10(2)9-18(12-6-4-5-7-12)13-8-11(3)16-14(15)17-13/h8,10,12H,4-7,9H2,1-3H3,(H2,15,16,17). The zero-order valence-electron chi connectivity index (χ0n) is 11.7. The van der Waals surface area contributed by atoms with E-state index < -0.39 is 0 Å². The molecule has 1 aromatic rings. The van der Waals surface area contributed by atoms with Crippen molar-refractivity contribution >= 4 is 11.8 Å². The molecule has 1 aliphatic carbocycles. The van der Waals surface area contributed by atoms with Crippen molar-refractivity contribution in [3.05, 3.63) is 11.8 Å². The molecule has 2 N–H and O–H groups in total. The van der Waals surface area contributed by atoms with Crippen LogP contribution < -0.4 is 10.6 Å². The van der Waals surface area contributed by atoms with Crippen LogP contribution in [0.2, 0.25) is 0 Å². The van der Waals surface area contributed by atoms with Crippen LogP contribution in [0.5, 0.6) is 0 Å². The fraction of sp³-hybridized carbons (Fsp3) is 0.714. The summed E-state index contributed by atoms with van der Waals surface area (Å²) >= 11 is 0. The van der Waals surface area contributed by atoms with Crippen molar-refractivity contribution in [2.24, 2.45) is 5.92 Å². The monoisotopic (exact) mass is 248 g/mol. The number of hydrogen-bond donors (Lipinski definition) is 1. The molecule has 0 amide bonds. The molecule has 0 unspecified atom stereocenters. The van der Waals surface area contributed by atoms with Gasteiger partial charge in [0.15, 0.2) is 0 Å². The summed E-state index contributed by atoms with van der Waals surface area (Å²) in [5.41, 5.74) is 6.73. The maximum absolute atomic E-state index is 5.78. The van der Waals surface area contributed by atoms with E-state index in [0.29, 0.717) is 17.9 Å². The van der Waals surface area contributed by atoms with E-state index in [9.17, 15) is 0 Å². The molecule has 0 bridgehead atoms. The van der Waals surface area contributed by atoms with Gasteiger partial charge in [0.05, 0.1) is 0 Å². The molecule has 1 saturated carbocycles. The maximum Gasteiger partial charge on any atom is 0.222 e. The number of nitrogens with zero attached hydrogens (tertiary/aromatic N) is 3. The van der Waals surface area contributed by atoms with Gasteiger partial charge in [0.1, 0.15) is 5.82 Å². The number of aryl methyl sites for hydroxylation is 1. The van der Waals surface area contributed by atoms with Crippen LogP contribution in [-0.2, 0) is 0 Å². The summed E-state index contributed by atoms with van der Waals surface area (Å²) in [5.74, 6) is 2.01. The highest BCUT2D eigenvalue weighted by molar-refractivity contribution is 5.44. The number of nitrogens with two attached hydrogens (primary N) is 1. The van der Waals surface area contributed by atoms with Gasteiger partial charge in [-0.1, -0.05) is 26.7 Å². The molecule has 0 aliphatic heterocycles. The van der Waals surface area contributed by atoms with Gasteiger partial charge in [-0.2, -0.15) is 4.98 Å². The second-order valence-electron chi connectivity index (χ2n) is 5.71. The zero-order valence-corrected chi connectivity index (χ0v) is 11.7. The molecule has 1 aliphatic rings. The first-order valence-corrected chi connectivity index (χ1v) is 6.94. The van der Waals surface area contributed by atoms with Crippen LogP contribution in [0.15, 0.2) is 6.07 Å². The predicted molar refractivity (Wildman–Crippen MR) is 75.6 cm³/mol. The fourth-order valence-electron chi connectivity index (χ4n) is 2.76. The number of hydrogen-bond acceptors (Lipinski definition) is 4. The highest BCUT2D eigenvalue weighted by Crippen LogP contribution is 2.28. The SMILES string of the molecule is Cc1cc(N(CC(C)C)C2CCCC2)nc(N)n1. The van der Waals surface area contributed by atoms with Gasteiger partial charge in [-0.3, -0.25) is 0 Å². The van der Waals surface area contributed by atoms with Gasteiger partial charge in [0.2, 0.25) is 5.95 Å². The lowest BCUT2D eigenvalue weighted by Crippen LogP contribution is -2.37. The Morgan fingerprint density at radius 1 is 1.33 bits per heavy atom. The summed E-state index contributed by atoms with van der Waals surface area (Å²) in [5, 5.41) is 0. The number of anilines is 2. The van der Waals surface area contributed by atoms with Crippen molar-refractivity contribution in [1.82, 2.24) is 9.97 Å². The number of rotatable bonds is 4. The fourth-order valence-corrected chi connectivity index (χ4v) is 2.76. The summed E-state index contributed by atoms with van der Waals surface area (Å²) in [6.07, 6.45) is 5.21. The smallest absolute Gasteiger partial charge is 0.222 e. The highest BCUT2D eigenvalue weighted by Gasteiger charge is 2.24. The molecule has 0 radical (unpaired) electrons. The second kappa shape index (κ2) is 5.55. The van der Waals surface area contributed by atoms with E-state index in [4.69, 9.17) is 5.73 Å². The van der Waals surface area contributed by atoms with Crippen molar-refractivity contribution in [3.63, 3.8) is 0 Å². The molecule has 0 aromatic carbocycles. The number of nitrogen functional groups attached to an aromatic ring is 1. The maximum atomic E-state index is 5.78. The largest absolute Gasteiger partial charge is 0.368 e. The lowest BCUT2D eigenvalue weighted by Gasteiger charge is -2.31. The van der Waals surface area contributed by atoms with Gasteiger partial charge in [0.25, 0.3) is 0 Å². The summed E-state index contributed by atoms with van der Waals surface area (Å²) in [6.45, 7) is 7.52. The highest BCUT2D eigenvalue weighted by atomic mass is 15.2. The molecule has 100 valence electrons. The Labute approximate surface area is 110 Å². The first-order chi connectivity index (χ1) is 8.56. The summed E-state index contributed by atoms with van der Waals surface area (Å²) in [7, 11) is 0. The van der Waals surface area contributed by atoms with Crippen LogP contribution in [0.1, 0.15) is 45.2 Å². The molecule has 0 atom stereocenters. The minimum absolute atomic E-state index is 0.386. The van der Waals surface area contributed by atoms with Crippen LogP contribution in [0, 0.1) is 12.8 Å². The van der Waals surface area contributed by atoms with Gasteiger partial charge >= 0.3 is 0 Å². The minimum atomic E-state index is 0.386. The first kappa shape index (κ1) is 13.1. The van der Waals surface area contributed by atoms with Crippen LogP contribution in [0.25, 0.3) is 0 Å². The van der Waals surface area contributed by atoms with Gasteiger partial charge < -0.3 is 10.6 Å². The van der Waals surface area contributed by atoms with Crippen molar-refractivity contribution in [3.8, 4) is 0 Å². The third-order valence-corrected chi connectivity index (χ3v) is 3.48. The molecule has 0 spiro atoms. The molecule has 0 saturated heterocycles. The van der Waals surface area contributed by atoms with Crippen LogP contribution in [-0.4, -0.2) is 22.6 Å². The number of aromatic nitrogens is 2. The summed E-state index contributed by atoms with van der Waals surface area (Å²) < 4.78 is 0. The topological polar surface area (TPSA) is 55.0 Å². The third-order valence-electron chi connectivity index (χ3n) is 3.48. The molecule has 1 fully saturated rings. The zero-order chi connectivity index (χ0) is 13.1. The lowest BCUT2D eigenvalue weighted by atomic mass is 10.1. The van der Waals surface area contributed by atoms with Crippen molar-refractivity contribution in [2.75, 3.05) is 17.2 Å². The van der Waals surface area contributed by atoms with E-state index >= 15 is 0 Å². The molecule has 18 heavy (non-hydrogen) atoms. The van der Waals surface area contributed by atoms with Gasteiger partial charge in [-0.25, -0.2) is 4.98 Å². The van der Waals surface area contributed by atoms with Gasteiger partial charge in [-0.05, 0) is 25.7 Å². The van der Waals surface area contributed by atoms with Crippen molar-refractivity contribution < 1.29 is 0 Å². The average molecular weight is 248 g/mol. The Morgan fingerprint density at radius 3 is 2.56 bits per heavy atom. The Bertz CT molecular complexity index is 377. The van der Waals surface area contributed by atoms with Crippen LogP contribution in [0.3, 0.4) is 0 Å². The van der Waals surface area contributed by atoms with E-state index in [1.165, 1.54) is 25.7 Å². The average Bonchev–Trinajstić information content (AvgIpc) is 2.77. The van der Waals surface area contributed by atoms with E-state index in [1.807, 2.05) is 6.92 Å². The molecule has 2 rings (SSSR count). The van der Waals surface area contributed by atoms with Crippen molar-refractivity contribution in [1.29, 1.82) is 0 Å². The predicted octanol–water partition coefficient (Wildman–Crippen LogP) is 2.77. The van der Waals surface area contributed by atoms with E-state index in [0.717, 1.165) is 18.1 Å². The third kappa shape index (κ3) is 3.12. The minimum Gasteiger partial charge on any atom is -0.368 e. The Kier molecular flexibility index (Phi) is 4.04. The molecule has 1 heterocycles. The Morgan fingerprint density at radius 2 is 2.00 bits per heavy atom. The Balaban J connectivity index is 2.26. The lowest BCUT2D eigenvalue weighted by molar-refractivity contribution is 0.531. The molecule has 4 heteroatoms. The van der Waals surface area contributed by atoms with E-state index in [-0.39, 0.29) is 0 Å². The molecule has 1 aromatic heterocycles. The normalized spacial score (nSPS) is 16.4. The molecular weight excluding hydrogens is 224 g/mol. The quantitative estimate of drug-likeness (QED) is 0.890.